The molecule has 6 rings (SSSR count). The second-order valence-electron chi connectivity index (χ2n) is 9.82. The van der Waals surface area contributed by atoms with Crippen LogP contribution in [0.5, 0.6) is 5.75 Å². The molecule has 1 aromatic carbocycles. The highest BCUT2D eigenvalue weighted by Crippen LogP contribution is 2.43. The van der Waals surface area contributed by atoms with Gasteiger partial charge >= 0.3 is 0 Å². The van der Waals surface area contributed by atoms with Crippen molar-refractivity contribution in [3.05, 3.63) is 53.0 Å². The van der Waals surface area contributed by atoms with Crippen LogP contribution in [0.3, 0.4) is 0 Å². The lowest BCUT2D eigenvalue weighted by Crippen LogP contribution is -2.49. The van der Waals surface area contributed by atoms with E-state index >= 15 is 0 Å². The number of hydrogen-bond donors (Lipinski definition) is 0. The Morgan fingerprint density at radius 2 is 1.86 bits per heavy atom. The molecule has 1 saturated heterocycles. The van der Waals surface area contributed by atoms with Crippen molar-refractivity contribution < 1.29 is 14.3 Å². The quantitative estimate of drug-likeness (QED) is 0.506. The molecule has 0 atom stereocenters. The summed E-state index contributed by atoms with van der Waals surface area (Å²) in [4.78, 5) is 27.5. The number of hydrogen-bond acceptors (Lipinski definition) is 7. The van der Waals surface area contributed by atoms with Crippen molar-refractivity contribution in [1.29, 1.82) is 0 Å². The minimum absolute atomic E-state index is 0.0601. The van der Waals surface area contributed by atoms with Crippen LogP contribution in [0.25, 0.3) is 17.2 Å². The van der Waals surface area contributed by atoms with E-state index in [1.807, 2.05) is 17.2 Å². The van der Waals surface area contributed by atoms with Gasteiger partial charge in [0.15, 0.2) is 0 Å². The van der Waals surface area contributed by atoms with E-state index in [0.717, 1.165) is 73.6 Å². The molecule has 0 N–H and O–H groups in total. The lowest BCUT2D eigenvalue weighted by Gasteiger charge is -2.34. The van der Waals surface area contributed by atoms with Crippen molar-refractivity contribution in [2.75, 3.05) is 53.6 Å². The highest BCUT2D eigenvalue weighted by Gasteiger charge is 2.35. The molecule has 2 fully saturated rings. The maximum atomic E-state index is 13.6. The molecule has 2 aromatic heterocycles. The average Bonchev–Trinajstić information content (AvgIpc) is 3.68. The smallest absolute Gasteiger partial charge is 0.257 e. The second-order valence-corrected chi connectivity index (χ2v) is 9.82. The van der Waals surface area contributed by atoms with Gasteiger partial charge in [0.05, 0.1) is 36.9 Å². The number of carbonyl (C=O) groups excluding carboxylic acids is 1. The van der Waals surface area contributed by atoms with Crippen LogP contribution < -0.4 is 4.74 Å². The summed E-state index contributed by atoms with van der Waals surface area (Å²) >= 11 is 0. The van der Waals surface area contributed by atoms with Crippen LogP contribution in [0.2, 0.25) is 0 Å². The molecule has 0 unspecified atom stereocenters. The van der Waals surface area contributed by atoms with Gasteiger partial charge in [-0.3, -0.25) is 9.69 Å². The lowest BCUT2D eigenvalue weighted by molar-refractivity contribution is 0.0593. The number of ether oxygens (including phenoxy) is 2. The van der Waals surface area contributed by atoms with Crippen LogP contribution >= 0.6 is 0 Å². The summed E-state index contributed by atoms with van der Waals surface area (Å²) in [6.45, 7) is 4.77. The molecule has 3 heterocycles. The number of aryl methyl sites for hydroxylation is 2. The molecule has 1 amide bonds. The molecule has 0 bridgehead atoms. The van der Waals surface area contributed by atoms with E-state index in [4.69, 9.17) is 14.5 Å². The fourth-order valence-electron chi connectivity index (χ4n) is 5.32. The van der Waals surface area contributed by atoms with Gasteiger partial charge in [-0.2, -0.15) is 5.10 Å². The van der Waals surface area contributed by atoms with E-state index in [1.54, 1.807) is 25.1 Å². The zero-order chi connectivity index (χ0) is 24.6. The van der Waals surface area contributed by atoms with E-state index in [1.165, 1.54) is 5.56 Å². The molecule has 0 spiro atoms. The van der Waals surface area contributed by atoms with Crippen molar-refractivity contribution in [2.45, 2.75) is 31.6 Å². The molecule has 9 nitrogen and oxygen atoms in total. The van der Waals surface area contributed by atoms with Crippen LogP contribution in [-0.4, -0.2) is 89.0 Å². The van der Waals surface area contributed by atoms with Gasteiger partial charge in [-0.05, 0) is 55.0 Å². The number of methoxy groups -OCH3 is 2. The van der Waals surface area contributed by atoms with E-state index in [2.05, 4.69) is 27.1 Å². The first-order valence-electron chi connectivity index (χ1n) is 12.8. The number of piperazine rings is 1. The van der Waals surface area contributed by atoms with E-state index in [9.17, 15) is 4.79 Å². The van der Waals surface area contributed by atoms with Gasteiger partial charge in [0.25, 0.3) is 11.9 Å². The minimum Gasteiger partial charge on any atom is -0.497 e. The molecule has 3 aliphatic rings. The first kappa shape index (κ1) is 23.1. The van der Waals surface area contributed by atoms with Gasteiger partial charge < -0.3 is 14.4 Å². The number of nitrogens with zero attached hydrogens (tertiary/aromatic N) is 6. The predicted molar refractivity (Wildman–Crippen MR) is 135 cm³/mol. The van der Waals surface area contributed by atoms with Crippen LogP contribution in [0.4, 0.5) is 0 Å². The summed E-state index contributed by atoms with van der Waals surface area (Å²) in [5.41, 5.74) is 6.07. The number of rotatable bonds is 7. The molecule has 0 radical (unpaired) electrons. The van der Waals surface area contributed by atoms with Crippen molar-refractivity contribution in [1.82, 2.24) is 29.5 Å². The van der Waals surface area contributed by atoms with Crippen LogP contribution in [-0.2, 0) is 17.6 Å². The molecule has 3 aromatic rings. The molecule has 36 heavy (non-hydrogen) atoms. The van der Waals surface area contributed by atoms with Crippen molar-refractivity contribution in [3.63, 3.8) is 0 Å². The van der Waals surface area contributed by atoms with Gasteiger partial charge in [-0.1, -0.05) is 0 Å². The highest BCUT2D eigenvalue weighted by molar-refractivity contribution is 5.95. The summed E-state index contributed by atoms with van der Waals surface area (Å²) in [7, 11) is 3.41. The maximum absolute atomic E-state index is 13.6. The standard InChI is InChI=1S/C27H32N6O3/c1-35-14-13-31-9-11-32(12-10-31)26(34)23-17-29-33(25(23)18-3-4-18)27-28-16-20-6-5-19-15-21(36-2)7-8-22(19)24(20)30-27/h7-8,15-18H,3-6,9-14H2,1-2H3. The molecular weight excluding hydrogens is 456 g/mol. The Hall–Kier alpha value is -3.30. The van der Waals surface area contributed by atoms with Crippen LogP contribution in [0.1, 0.15) is 45.9 Å². The second kappa shape index (κ2) is 9.63. The zero-order valence-corrected chi connectivity index (χ0v) is 20.9. The Bertz CT molecular complexity index is 1280. The average molecular weight is 489 g/mol. The van der Waals surface area contributed by atoms with Gasteiger partial charge in [-0.15, -0.1) is 0 Å². The third-order valence-corrected chi connectivity index (χ3v) is 7.54. The SMILES string of the molecule is COCCN1CCN(C(=O)c2cnn(-c3ncc4c(n3)-c3ccc(OC)cc3CC4)c2C2CC2)CC1. The summed E-state index contributed by atoms with van der Waals surface area (Å²) in [6, 6.07) is 6.15. The van der Waals surface area contributed by atoms with E-state index in [-0.39, 0.29) is 5.91 Å². The van der Waals surface area contributed by atoms with Gasteiger partial charge in [0.2, 0.25) is 0 Å². The third-order valence-electron chi connectivity index (χ3n) is 7.54. The summed E-state index contributed by atoms with van der Waals surface area (Å²) < 4.78 is 12.4. The largest absolute Gasteiger partial charge is 0.497 e. The lowest BCUT2D eigenvalue weighted by atomic mass is 9.90. The van der Waals surface area contributed by atoms with Crippen molar-refractivity contribution in [2.24, 2.45) is 0 Å². The minimum atomic E-state index is 0.0601. The third kappa shape index (κ3) is 4.26. The Labute approximate surface area is 211 Å². The topological polar surface area (TPSA) is 85.6 Å². The molecule has 188 valence electrons. The maximum Gasteiger partial charge on any atom is 0.257 e. The highest BCUT2D eigenvalue weighted by atomic mass is 16.5. The normalized spacial score (nSPS) is 17.6. The molecular formula is C27H32N6O3. The van der Waals surface area contributed by atoms with Gasteiger partial charge in [-0.25, -0.2) is 14.6 Å². The molecule has 2 aliphatic carbocycles. The number of amides is 1. The summed E-state index contributed by atoms with van der Waals surface area (Å²) in [5.74, 6) is 1.77. The van der Waals surface area contributed by atoms with Crippen LogP contribution in [0, 0.1) is 0 Å². The monoisotopic (exact) mass is 488 g/mol. The first-order chi connectivity index (χ1) is 17.7. The summed E-state index contributed by atoms with van der Waals surface area (Å²) in [6.07, 6.45) is 7.59. The van der Waals surface area contributed by atoms with Crippen molar-refractivity contribution >= 4 is 5.91 Å². The van der Waals surface area contributed by atoms with Crippen LogP contribution in [0.15, 0.2) is 30.6 Å². The van der Waals surface area contributed by atoms with Crippen molar-refractivity contribution in [3.8, 4) is 23.0 Å². The molecule has 9 heteroatoms. The molecule has 1 aliphatic heterocycles. The molecule has 1 saturated carbocycles. The zero-order valence-electron chi connectivity index (χ0n) is 20.9. The number of fused-ring (bicyclic) bond motifs is 3. The number of carbonyl (C=O) groups is 1. The predicted octanol–water partition coefficient (Wildman–Crippen LogP) is 2.72. The van der Waals surface area contributed by atoms with E-state index in [0.29, 0.717) is 37.1 Å². The first-order valence-corrected chi connectivity index (χ1v) is 12.8. The van der Waals surface area contributed by atoms with Gasteiger partial charge in [0.1, 0.15) is 5.75 Å². The van der Waals surface area contributed by atoms with E-state index < -0.39 is 0 Å². The number of aromatic nitrogens is 4. The van der Waals surface area contributed by atoms with Gasteiger partial charge in [0, 0.05) is 57.5 Å². The Kier molecular flexibility index (Phi) is 6.18. The summed E-state index contributed by atoms with van der Waals surface area (Å²) in [5, 5.41) is 4.65. The fourth-order valence-corrected chi connectivity index (χ4v) is 5.32. The Morgan fingerprint density at radius 3 is 2.61 bits per heavy atom. The fraction of sp³-hybridized carbons (Fsp3) is 0.481. The Balaban J connectivity index is 1.29. The Morgan fingerprint density at radius 1 is 1.06 bits per heavy atom. The number of benzene rings is 1.